The van der Waals surface area contributed by atoms with Crippen molar-refractivity contribution in [3.63, 3.8) is 0 Å². The highest BCUT2D eigenvalue weighted by Gasteiger charge is 2.24. The summed E-state index contributed by atoms with van der Waals surface area (Å²) >= 11 is 0. The molecule has 1 aliphatic rings. The quantitative estimate of drug-likeness (QED) is 0.921. The van der Waals surface area contributed by atoms with E-state index in [9.17, 15) is 4.79 Å². The highest BCUT2D eigenvalue weighted by molar-refractivity contribution is 5.81. The van der Waals surface area contributed by atoms with E-state index < -0.39 is 0 Å². The van der Waals surface area contributed by atoms with Crippen LogP contribution in [0.5, 0.6) is 0 Å². The fourth-order valence-corrected chi connectivity index (χ4v) is 3.14. The van der Waals surface area contributed by atoms with Gasteiger partial charge in [-0.3, -0.25) is 9.69 Å². The molecule has 1 atom stereocenters. The van der Waals surface area contributed by atoms with Crippen LogP contribution < -0.4 is 5.32 Å². The fourth-order valence-electron chi connectivity index (χ4n) is 3.14. The Morgan fingerprint density at radius 1 is 1.09 bits per heavy atom. The van der Waals surface area contributed by atoms with Crippen molar-refractivity contribution in [2.24, 2.45) is 0 Å². The van der Waals surface area contributed by atoms with E-state index >= 15 is 0 Å². The number of hydrogen-bond acceptors (Lipinski definition) is 2. The van der Waals surface area contributed by atoms with Crippen molar-refractivity contribution in [3.05, 3.63) is 71.3 Å². The zero-order valence-electron chi connectivity index (χ0n) is 13.7. The Bertz CT molecular complexity index is 654. The number of benzene rings is 2. The van der Waals surface area contributed by atoms with Crippen molar-refractivity contribution in [2.45, 2.75) is 32.4 Å². The van der Waals surface area contributed by atoms with Crippen LogP contribution in [0.2, 0.25) is 0 Å². The molecule has 2 aromatic rings. The molecule has 23 heavy (non-hydrogen) atoms. The van der Waals surface area contributed by atoms with Crippen LogP contribution in [0.25, 0.3) is 0 Å². The van der Waals surface area contributed by atoms with Gasteiger partial charge in [0.15, 0.2) is 0 Å². The van der Waals surface area contributed by atoms with Gasteiger partial charge in [-0.1, -0.05) is 54.6 Å². The topological polar surface area (TPSA) is 32.3 Å². The van der Waals surface area contributed by atoms with Gasteiger partial charge in [-0.25, -0.2) is 0 Å². The minimum absolute atomic E-state index is 0.0841. The molecule has 1 unspecified atom stereocenters. The first-order valence-corrected chi connectivity index (χ1v) is 8.36. The van der Waals surface area contributed by atoms with Gasteiger partial charge in [-0.05, 0) is 36.5 Å². The summed E-state index contributed by atoms with van der Waals surface area (Å²) in [4.78, 5) is 14.7. The molecule has 3 rings (SSSR count). The highest BCUT2D eigenvalue weighted by atomic mass is 16.2. The number of nitrogens with one attached hydrogen (secondary N) is 1. The Hall–Kier alpha value is -2.13. The third kappa shape index (κ3) is 3.99. The minimum Gasteiger partial charge on any atom is -0.354 e. The second-order valence-electron chi connectivity index (χ2n) is 6.19. The molecule has 1 N–H and O–H groups in total. The van der Waals surface area contributed by atoms with E-state index in [2.05, 4.69) is 46.6 Å². The van der Waals surface area contributed by atoms with Gasteiger partial charge >= 0.3 is 0 Å². The lowest BCUT2D eigenvalue weighted by atomic mass is 9.99. The number of amides is 1. The number of hydrogen-bond donors (Lipinski definition) is 1. The molecule has 3 nitrogen and oxygen atoms in total. The Morgan fingerprint density at radius 3 is 2.57 bits per heavy atom. The maximum Gasteiger partial charge on any atom is 0.237 e. The predicted molar refractivity (Wildman–Crippen MR) is 93.2 cm³/mol. The van der Waals surface area contributed by atoms with Crippen molar-refractivity contribution in [1.82, 2.24) is 10.2 Å². The van der Waals surface area contributed by atoms with E-state index in [1.165, 1.54) is 16.7 Å². The Balaban J connectivity index is 1.50. The average Bonchev–Trinajstić information content (AvgIpc) is 2.61. The molecule has 0 aliphatic carbocycles. The summed E-state index contributed by atoms with van der Waals surface area (Å²) in [6.45, 7) is 4.51. The van der Waals surface area contributed by atoms with Crippen LogP contribution in [-0.2, 0) is 24.2 Å². The number of carbonyl (C=O) groups is 1. The molecule has 2 aromatic carbocycles. The molecule has 1 amide bonds. The van der Waals surface area contributed by atoms with Crippen LogP contribution in [0.15, 0.2) is 54.6 Å². The lowest BCUT2D eigenvalue weighted by Crippen LogP contribution is -2.47. The highest BCUT2D eigenvalue weighted by Crippen LogP contribution is 2.20. The standard InChI is InChI=1S/C20H24N2O/c1-16(20(23)21-13-11-17-7-3-2-4-8-17)22-14-12-18-9-5-6-10-19(18)15-22/h2-10,16H,11-15H2,1H3,(H,21,23). The lowest BCUT2D eigenvalue weighted by Gasteiger charge is -2.32. The number of rotatable bonds is 5. The molecular weight excluding hydrogens is 284 g/mol. The van der Waals surface area contributed by atoms with Gasteiger partial charge < -0.3 is 5.32 Å². The molecule has 0 aromatic heterocycles. The van der Waals surface area contributed by atoms with Crippen molar-refractivity contribution >= 4 is 5.91 Å². The zero-order chi connectivity index (χ0) is 16.1. The third-order valence-corrected chi connectivity index (χ3v) is 4.64. The summed E-state index contributed by atoms with van der Waals surface area (Å²) in [7, 11) is 0. The van der Waals surface area contributed by atoms with Crippen molar-refractivity contribution < 1.29 is 4.79 Å². The maximum absolute atomic E-state index is 12.4. The first-order chi connectivity index (χ1) is 11.2. The van der Waals surface area contributed by atoms with E-state index in [1.807, 2.05) is 25.1 Å². The zero-order valence-corrected chi connectivity index (χ0v) is 13.7. The molecule has 1 aliphatic heterocycles. The molecule has 0 bridgehead atoms. The number of carbonyl (C=O) groups excluding carboxylic acids is 1. The first kappa shape index (κ1) is 15.8. The van der Waals surface area contributed by atoms with Crippen LogP contribution in [0.3, 0.4) is 0 Å². The third-order valence-electron chi connectivity index (χ3n) is 4.64. The maximum atomic E-state index is 12.4. The van der Waals surface area contributed by atoms with Crippen LogP contribution in [-0.4, -0.2) is 29.9 Å². The molecule has 120 valence electrons. The molecule has 3 heteroatoms. The number of fused-ring (bicyclic) bond motifs is 1. The summed E-state index contributed by atoms with van der Waals surface area (Å²) in [6, 6.07) is 18.7. The van der Waals surface area contributed by atoms with Gasteiger partial charge in [0.2, 0.25) is 5.91 Å². The summed E-state index contributed by atoms with van der Waals surface area (Å²) < 4.78 is 0. The summed E-state index contributed by atoms with van der Waals surface area (Å²) in [5, 5.41) is 3.07. The van der Waals surface area contributed by atoms with Gasteiger partial charge in [-0.2, -0.15) is 0 Å². The molecule has 0 saturated heterocycles. The largest absolute Gasteiger partial charge is 0.354 e. The van der Waals surface area contributed by atoms with E-state index in [0.29, 0.717) is 6.54 Å². The second kappa shape index (κ2) is 7.42. The molecular formula is C20H24N2O. The number of nitrogens with zero attached hydrogens (tertiary/aromatic N) is 1. The minimum atomic E-state index is -0.0841. The summed E-state index contributed by atoms with van der Waals surface area (Å²) in [5.41, 5.74) is 4.02. The SMILES string of the molecule is CC(C(=O)NCCc1ccccc1)N1CCc2ccccc2C1. The summed E-state index contributed by atoms with van der Waals surface area (Å²) in [6.07, 6.45) is 1.90. The molecule has 1 heterocycles. The molecule has 0 fully saturated rings. The van der Waals surface area contributed by atoms with Gasteiger partial charge in [0.05, 0.1) is 6.04 Å². The van der Waals surface area contributed by atoms with E-state index in [-0.39, 0.29) is 11.9 Å². The van der Waals surface area contributed by atoms with Gasteiger partial charge in [0, 0.05) is 19.6 Å². The van der Waals surface area contributed by atoms with Crippen LogP contribution in [0.1, 0.15) is 23.6 Å². The predicted octanol–water partition coefficient (Wildman–Crippen LogP) is 2.79. The van der Waals surface area contributed by atoms with Crippen LogP contribution in [0.4, 0.5) is 0 Å². The Morgan fingerprint density at radius 2 is 1.78 bits per heavy atom. The molecule has 0 saturated carbocycles. The summed E-state index contributed by atoms with van der Waals surface area (Å²) in [5.74, 6) is 0.125. The molecule has 0 spiro atoms. The monoisotopic (exact) mass is 308 g/mol. The fraction of sp³-hybridized carbons (Fsp3) is 0.350. The average molecular weight is 308 g/mol. The van der Waals surface area contributed by atoms with E-state index in [4.69, 9.17) is 0 Å². The molecule has 0 radical (unpaired) electrons. The van der Waals surface area contributed by atoms with E-state index in [1.54, 1.807) is 0 Å². The van der Waals surface area contributed by atoms with Crippen molar-refractivity contribution in [2.75, 3.05) is 13.1 Å². The van der Waals surface area contributed by atoms with Gasteiger partial charge in [0.1, 0.15) is 0 Å². The normalized spacial score (nSPS) is 15.7. The first-order valence-electron chi connectivity index (χ1n) is 8.36. The van der Waals surface area contributed by atoms with Gasteiger partial charge in [-0.15, -0.1) is 0 Å². The van der Waals surface area contributed by atoms with Gasteiger partial charge in [0.25, 0.3) is 0 Å². The van der Waals surface area contributed by atoms with Crippen LogP contribution in [0, 0.1) is 0 Å². The van der Waals surface area contributed by atoms with Crippen LogP contribution >= 0.6 is 0 Å². The lowest BCUT2D eigenvalue weighted by molar-refractivity contribution is -0.126. The van der Waals surface area contributed by atoms with Crippen molar-refractivity contribution in [3.8, 4) is 0 Å². The Kier molecular flexibility index (Phi) is 5.09. The van der Waals surface area contributed by atoms with E-state index in [0.717, 1.165) is 25.9 Å². The smallest absolute Gasteiger partial charge is 0.237 e. The van der Waals surface area contributed by atoms with Crippen molar-refractivity contribution in [1.29, 1.82) is 0 Å². The second-order valence-corrected chi connectivity index (χ2v) is 6.19. The Labute approximate surface area is 138 Å².